The highest BCUT2D eigenvalue weighted by atomic mass is 19.3. The zero-order valence-electron chi connectivity index (χ0n) is 9.59. The van der Waals surface area contributed by atoms with Gasteiger partial charge in [-0.15, -0.1) is 0 Å². The van der Waals surface area contributed by atoms with Gasteiger partial charge in [0, 0.05) is 0 Å². The van der Waals surface area contributed by atoms with Crippen molar-refractivity contribution in [2.45, 2.75) is 12.5 Å². The smallest absolute Gasteiger partial charge is 0.257 e. The highest BCUT2D eigenvalue weighted by molar-refractivity contribution is 5.35. The molecule has 0 saturated carbocycles. The molecule has 0 aliphatic rings. The van der Waals surface area contributed by atoms with Gasteiger partial charge in [-0.3, -0.25) is 0 Å². The van der Waals surface area contributed by atoms with E-state index in [0.29, 0.717) is 17.1 Å². The molecule has 1 atom stereocenters. The van der Waals surface area contributed by atoms with Crippen LogP contribution >= 0.6 is 0 Å². The van der Waals surface area contributed by atoms with Gasteiger partial charge in [-0.2, -0.15) is 0 Å². The van der Waals surface area contributed by atoms with Crippen LogP contribution in [0.4, 0.5) is 8.78 Å². The Morgan fingerprint density at radius 2 is 1.56 bits per heavy atom. The van der Waals surface area contributed by atoms with E-state index in [4.69, 9.17) is 10.5 Å². The van der Waals surface area contributed by atoms with Gasteiger partial charge >= 0.3 is 0 Å². The summed E-state index contributed by atoms with van der Waals surface area (Å²) in [7, 11) is 0. The molecule has 94 valence electrons. The summed E-state index contributed by atoms with van der Waals surface area (Å²) in [4.78, 5) is 0. The van der Waals surface area contributed by atoms with E-state index in [1.165, 1.54) is 6.07 Å². The van der Waals surface area contributed by atoms with Crippen LogP contribution in [0.2, 0.25) is 0 Å². The number of hydrogen-bond donors (Lipinski definition) is 1. The first-order chi connectivity index (χ1) is 8.66. The van der Waals surface area contributed by atoms with Crippen LogP contribution in [-0.2, 0) is 0 Å². The molecule has 0 unspecified atom stereocenters. The van der Waals surface area contributed by atoms with Crippen molar-refractivity contribution in [1.29, 1.82) is 0 Å². The normalized spacial score (nSPS) is 12.4. The third-order valence-electron chi connectivity index (χ3n) is 2.49. The first-order valence-electron chi connectivity index (χ1n) is 5.53. The maximum Gasteiger partial charge on any atom is 0.257 e. The second kappa shape index (κ2) is 5.60. The van der Waals surface area contributed by atoms with Gasteiger partial charge in [-0.1, -0.05) is 30.3 Å². The number of halogens is 2. The fourth-order valence-corrected chi connectivity index (χ4v) is 1.56. The van der Waals surface area contributed by atoms with E-state index in [2.05, 4.69) is 0 Å². The molecule has 4 heteroatoms. The molecule has 0 fully saturated rings. The lowest BCUT2D eigenvalue weighted by Crippen LogP contribution is -2.18. The van der Waals surface area contributed by atoms with E-state index in [-0.39, 0.29) is 0 Å². The Bertz CT molecular complexity index is 502. The average molecular weight is 249 g/mol. The summed E-state index contributed by atoms with van der Waals surface area (Å²) in [6.45, 7) is 0. The van der Waals surface area contributed by atoms with E-state index in [9.17, 15) is 8.78 Å². The molecule has 2 nitrogen and oxygen atoms in total. The zero-order chi connectivity index (χ0) is 13.0. The average Bonchev–Trinajstić information content (AvgIpc) is 2.39. The topological polar surface area (TPSA) is 35.2 Å². The van der Waals surface area contributed by atoms with E-state index in [1.807, 2.05) is 18.2 Å². The number of ether oxygens (including phenoxy) is 1. The number of alkyl halides is 2. The molecule has 0 aliphatic heterocycles. The lowest BCUT2D eigenvalue weighted by Gasteiger charge is -2.12. The Balaban J connectivity index is 2.18. The number of hydrogen-bond acceptors (Lipinski definition) is 2. The molecule has 0 heterocycles. The predicted octanol–water partition coefficient (Wildman–Crippen LogP) is 3.74. The van der Waals surface area contributed by atoms with Gasteiger partial charge in [0.1, 0.15) is 11.5 Å². The van der Waals surface area contributed by atoms with Gasteiger partial charge in [0.25, 0.3) is 6.43 Å². The van der Waals surface area contributed by atoms with Crippen molar-refractivity contribution >= 4 is 0 Å². The van der Waals surface area contributed by atoms with Crippen molar-refractivity contribution in [3.63, 3.8) is 0 Å². The Labute approximate surface area is 104 Å². The fraction of sp³-hybridized carbons (Fsp3) is 0.143. The van der Waals surface area contributed by atoms with Crippen LogP contribution in [0.5, 0.6) is 11.5 Å². The van der Waals surface area contributed by atoms with Gasteiger partial charge < -0.3 is 10.5 Å². The second-order valence-electron chi connectivity index (χ2n) is 3.85. The minimum absolute atomic E-state index is 0.360. The molecular formula is C14H13F2NO. The Morgan fingerprint density at radius 3 is 2.22 bits per heavy atom. The minimum atomic E-state index is -2.59. The minimum Gasteiger partial charge on any atom is -0.457 e. The van der Waals surface area contributed by atoms with Gasteiger partial charge in [-0.05, 0) is 29.8 Å². The number of para-hydroxylation sites is 1. The third kappa shape index (κ3) is 3.05. The van der Waals surface area contributed by atoms with E-state index < -0.39 is 12.5 Å². The lowest BCUT2D eigenvalue weighted by molar-refractivity contribution is 0.116. The Hall–Kier alpha value is -1.94. The molecule has 0 radical (unpaired) electrons. The largest absolute Gasteiger partial charge is 0.457 e. The molecule has 2 aromatic rings. The Kier molecular flexibility index (Phi) is 3.89. The number of nitrogens with two attached hydrogens (primary N) is 1. The summed E-state index contributed by atoms with van der Waals surface area (Å²) in [6.07, 6.45) is -2.59. The van der Waals surface area contributed by atoms with Crippen molar-refractivity contribution in [2.75, 3.05) is 0 Å². The van der Waals surface area contributed by atoms with Gasteiger partial charge in [-0.25, -0.2) is 8.78 Å². The Morgan fingerprint density at radius 1 is 0.889 bits per heavy atom. The first-order valence-corrected chi connectivity index (χ1v) is 5.53. The number of rotatable bonds is 4. The fourth-order valence-electron chi connectivity index (χ4n) is 1.56. The second-order valence-corrected chi connectivity index (χ2v) is 3.85. The molecule has 0 aliphatic carbocycles. The molecule has 2 N–H and O–H groups in total. The van der Waals surface area contributed by atoms with Crippen molar-refractivity contribution in [2.24, 2.45) is 5.73 Å². The molecule has 0 amide bonds. The van der Waals surface area contributed by atoms with Gasteiger partial charge in [0.15, 0.2) is 0 Å². The summed E-state index contributed by atoms with van der Waals surface area (Å²) in [5.74, 6) is 1.15. The van der Waals surface area contributed by atoms with Crippen LogP contribution in [-0.4, -0.2) is 6.43 Å². The number of benzene rings is 2. The molecule has 0 aromatic heterocycles. The third-order valence-corrected chi connectivity index (χ3v) is 2.49. The van der Waals surface area contributed by atoms with Crippen LogP contribution < -0.4 is 10.5 Å². The molecule has 2 aromatic carbocycles. The van der Waals surface area contributed by atoms with Crippen LogP contribution in [0.1, 0.15) is 11.6 Å². The van der Waals surface area contributed by atoms with Gasteiger partial charge in [0.05, 0.1) is 6.04 Å². The first kappa shape index (κ1) is 12.5. The SMILES string of the molecule is N[C@@H](c1cccc(Oc2ccccc2)c1)C(F)F. The summed E-state index contributed by atoms with van der Waals surface area (Å²) in [6, 6.07) is 14.3. The maximum absolute atomic E-state index is 12.5. The van der Waals surface area contributed by atoms with Crippen molar-refractivity contribution in [1.82, 2.24) is 0 Å². The molecule has 0 saturated heterocycles. The lowest BCUT2D eigenvalue weighted by atomic mass is 10.1. The van der Waals surface area contributed by atoms with Crippen molar-refractivity contribution in [3.05, 3.63) is 60.2 Å². The zero-order valence-corrected chi connectivity index (χ0v) is 9.59. The summed E-state index contributed by atoms with van der Waals surface area (Å²) in [5, 5.41) is 0. The molecule has 0 bridgehead atoms. The quantitative estimate of drug-likeness (QED) is 0.895. The highest BCUT2D eigenvalue weighted by Gasteiger charge is 2.17. The monoisotopic (exact) mass is 249 g/mol. The van der Waals surface area contributed by atoms with E-state index in [0.717, 1.165) is 0 Å². The van der Waals surface area contributed by atoms with Crippen LogP contribution in [0.15, 0.2) is 54.6 Å². The molecule has 2 rings (SSSR count). The van der Waals surface area contributed by atoms with Gasteiger partial charge in [0.2, 0.25) is 0 Å². The predicted molar refractivity (Wildman–Crippen MR) is 65.9 cm³/mol. The summed E-state index contributed by atoms with van der Waals surface area (Å²) < 4.78 is 30.6. The van der Waals surface area contributed by atoms with Crippen LogP contribution in [0.3, 0.4) is 0 Å². The van der Waals surface area contributed by atoms with Crippen molar-refractivity contribution in [3.8, 4) is 11.5 Å². The molecule has 18 heavy (non-hydrogen) atoms. The summed E-state index contributed by atoms with van der Waals surface area (Å²) >= 11 is 0. The molecule has 0 spiro atoms. The highest BCUT2D eigenvalue weighted by Crippen LogP contribution is 2.25. The van der Waals surface area contributed by atoms with E-state index in [1.54, 1.807) is 30.3 Å². The van der Waals surface area contributed by atoms with Crippen LogP contribution in [0.25, 0.3) is 0 Å². The van der Waals surface area contributed by atoms with E-state index >= 15 is 0 Å². The van der Waals surface area contributed by atoms with Crippen molar-refractivity contribution < 1.29 is 13.5 Å². The molecular weight excluding hydrogens is 236 g/mol. The maximum atomic E-state index is 12.5. The standard InChI is InChI=1S/C14H13F2NO/c15-14(16)13(17)10-5-4-8-12(9-10)18-11-6-2-1-3-7-11/h1-9,13-14H,17H2/t13-/m0/s1. The summed E-state index contributed by atoms with van der Waals surface area (Å²) in [5.41, 5.74) is 5.75. The van der Waals surface area contributed by atoms with Crippen LogP contribution in [0, 0.1) is 0 Å².